The lowest BCUT2D eigenvalue weighted by molar-refractivity contribution is 0.387. The van der Waals surface area contributed by atoms with Crippen LogP contribution in [-0.4, -0.2) is 0 Å². The van der Waals surface area contributed by atoms with E-state index in [2.05, 4.69) is 80.4 Å². The number of hydrogen-bond acceptors (Lipinski definition) is 1. The van der Waals surface area contributed by atoms with Crippen LogP contribution in [0.5, 0.6) is 0 Å². The minimum Gasteiger partial charge on any atom is -0.359 e. The molecule has 0 aliphatic heterocycles. The molecule has 1 saturated carbocycles. The van der Waals surface area contributed by atoms with Gasteiger partial charge in [-0.25, -0.2) is 0 Å². The first-order valence-electron chi connectivity index (χ1n) is 9.84. The molecule has 2 aliphatic rings. The summed E-state index contributed by atoms with van der Waals surface area (Å²) in [6.45, 7) is 8.71. The van der Waals surface area contributed by atoms with Gasteiger partial charge in [0, 0.05) is 11.4 Å². The summed E-state index contributed by atoms with van der Waals surface area (Å²) in [5, 5.41) is 3.50. The van der Waals surface area contributed by atoms with Crippen LogP contribution < -0.4 is 5.32 Å². The summed E-state index contributed by atoms with van der Waals surface area (Å²) in [6.07, 6.45) is 10.8. The minimum atomic E-state index is 0.241. The molecule has 1 fully saturated rings. The van der Waals surface area contributed by atoms with E-state index >= 15 is 0 Å². The molecule has 2 aliphatic carbocycles. The fraction of sp³-hybridized carbons (Fsp3) is 0.360. The maximum Gasteiger partial charge on any atom is 0.0387 e. The molecular weight excluding hydrogens is 314 g/mol. The number of fused-ring (bicyclic) bond motifs is 1. The summed E-state index contributed by atoms with van der Waals surface area (Å²) >= 11 is 0. The van der Waals surface area contributed by atoms with Gasteiger partial charge in [0.05, 0.1) is 0 Å². The molecule has 1 N–H and O–H groups in total. The van der Waals surface area contributed by atoms with Crippen LogP contribution in [0.2, 0.25) is 0 Å². The lowest BCUT2D eigenvalue weighted by Crippen LogP contribution is -2.21. The van der Waals surface area contributed by atoms with Crippen LogP contribution in [0.15, 0.2) is 60.8 Å². The summed E-state index contributed by atoms with van der Waals surface area (Å²) in [5.41, 5.74) is 8.17. The molecule has 134 valence electrons. The molecular formula is C25H29N. The van der Waals surface area contributed by atoms with Crippen molar-refractivity contribution >= 4 is 11.8 Å². The largest absolute Gasteiger partial charge is 0.359 e. The SMILES string of the molecule is C=C(Nc1ccc2c(c1)C=CC(C)(CCc1ccc(C)cc1)C2)C1CC1. The van der Waals surface area contributed by atoms with Crippen molar-refractivity contribution in [2.24, 2.45) is 11.3 Å². The topological polar surface area (TPSA) is 12.0 Å². The van der Waals surface area contributed by atoms with E-state index in [-0.39, 0.29) is 5.41 Å². The maximum atomic E-state index is 4.18. The van der Waals surface area contributed by atoms with Gasteiger partial charge in [-0.1, -0.05) is 61.5 Å². The molecule has 0 heterocycles. The third-order valence-electron chi connectivity index (χ3n) is 5.89. The summed E-state index contributed by atoms with van der Waals surface area (Å²) in [5.74, 6) is 0.687. The normalized spacial score (nSPS) is 21.3. The Labute approximate surface area is 157 Å². The lowest BCUT2D eigenvalue weighted by Gasteiger charge is -2.31. The highest BCUT2D eigenvalue weighted by molar-refractivity contribution is 5.64. The van der Waals surface area contributed by atoms with Crippen molar-refractivity contribution in [3.8, 4) is 0 Å². The van der Waals surface area contributed by atoms with Crippen LogP contribution in [-0.2, 0) is 12.8 Å². The fourth-order valence-electron chi connectivity index (χ4n) is 3.85. The zero-order valence-corrected chi connectivity index (χ0v) is 16.0. The van der Waals surface area contributed by atoms with Crippen molar-refractivity contribution in [2.45, 2.75) is 46.0 Å². The average molecular weight is 344 g/mol. The van der Waals surface area contributed by atoms with Crippen LogP contribution in [0, 0.1) is 18.3 Å². The zero-order valence-electron chi connectivity index (χ0n) is 16.0. The van der Waals surface area contributed by atoms with Crippen LogP contribution >= 0.6 is 0 Å². The van der Waals surface area contributed by atoms with Gasteiger partial charge in [0.1, 0.15) is 0 Å². The molecule has 2 aromatic rings. The fourth-order valence-corrected chi connectivity index (χ4v) is 3.85. The van der Waals surface area contributed by atoms with E-state index in [1.807, 2.05) is 0 Å². The Hall–Kier alpha value is -2.28. The van der Waals surface area contributed by atoms with Crippen LogP contribution in [0.3, 0.4) is 0 Å². The van der Waals surface area contributed by atoms with E-state index in [1.165, 1.54) is 52.9 Å². The third kappa shape index (κ3) is 3.93. The van der Waals surface area contributed by atoms with Gasteiger partial charge >= 0.3 is 0 Å². The second kappa shape index (κ2) is 6.79. The van der Waals surface area contributed by atoms with Gasteiger partial charge in [0.25, 0.3) is 0 Å². The molecule has 0 radical (unpaired) electrons. The Morgan fingerprint density at radius 3 is 2.65 bits per heavy atom. The highest BCUT2D eigenvalue weighted by atomic mass is 14.9. The molecule has 1 unspecified atom stereocenters. The summed E-state index contributed by atoms with van der Waals surface area (Å²) in [4.78, 5) is 0. The van der Waals surface area contributed by atoms with Gasteiger partial charge in [-0.15, -0.1) is 0 Å². The van der Waals surface area contributed by atoms with E-state index in [0.29, 0.717) is 5.92 Å². The Balaban J connectivity index is 1.42. The predicted octanol–water partition coefficient (Wildman–Crippen LogP) is 6.54. The maximum absolute atomic E-state index is 4.18. The number of anilines is 1. The Bertz CT molecular complexity index is 839. The molecule has 0 amide bonds. The van der Waals surface area contributed by atoms with Gasteiger partial charge in [0.15, 0.2) is 0 Å². The number of allylic oxidation sites excluding steroid dienone is 2. The van der Waals surface area contributed by atoms with Crippen LogP contribution in [0.4, 0.5) is 5.69 Å². The molecule has 2 aromatic carbocycles. The smallest absolute Gasteiger partial charge is 0.0387 e. The molecule has 1 nitrogen and oxygen atoms in total. The van der Waals surface area contributed by atoms with E-state index < -0.39 is 0 Å². The van der Waals surface area contributed by atoms with Gasteiger partial charge in [-0.05, 0) is 79.2 Å². The Kier molecular flexibility index (Phi) is 4.48. The number of rotatable bonds is 6. The van der Waals surface area contributed by atoms with Gasteiger partial charge in [0.2, 0.25) is 0 Å². The van der Waals surface area contributed by atoms with Gasteiger partial charge < -0.3 is 5.32 Å². The van der Waals surface area contributed by atoms with E-state index in [0.717, 1.165) is 12.8 Å². The Morgan fingerprint density at radius 1 is 1.15 bits per heavy atom. The highest BCUT2D eigenvalue weighted by Gasteiger charge is 2.27. The highest BCUT2D eigenvalue weighted by Crippen LogP contribution is 2.39. The molecule has 0 saturated heterocycles. The zero-order chi connectivity index (χ0) is 18.1. The van der Waals surface area contributed by atoms with E-state index in [1.54, 1.807) is 0 Å². The van der Waals surface area contributed by atoms with Crippen LogP contribution in [0.25, 0.3) is 6.08 Å². The van der Waals surface area contributed by atoms with E-state index in [9.17, 15) is 0 Å². The molecule has 0 aromatic heterocycles. The van der Waals surface area contributed by atoms with Crippen molar-refractivity contribution in [3.63, 3.8) is 0 Å². The van der Waals surface area contributed by atoms with Crippen molar-refractivity contribution in [2.75, 3.05) is 5.32 Å². The van der Waals surface area contributed by atoms with Crippen molar-refractivity contribution in [1.29, 1.82) is 0 Å². The Morgan fingerprint density at radius 2 is 1.92 bits per heavy atom. The van der Waals surface area contributed by atoms with E-state index in [4.69, 9.17) is 0 Å². The second-order valence-corrected chi connectivity index (χ2v) is 8.49. The lowest BCUT2D eigenvalue weighted by atomic mass is 9.74. The van der Waals surface area contributed by atoms with Crippen LogP contribution in [0.1, 0.15) is 48.4 Å². The third-order valence-corrected chi connectivity index (χ3v) is 5.89. The summed E-state index contributed by atoms with van der Waals surface area (Å²) < 4.78 is 0. The van der Waals surface area contributed by atoms with Crippen molar-refractivity contribution in [1.82, 2.24) is 0 Å². The molecule has 0 spiro atoms. The predicted molar refractivity (Wildman–Crippen MR) is 112 cm³/mol. The number of aryl methyl sites for hydroxylation is 2. The van der Waals surface area contributed by atoms with Crippen molar-refractivity contribution in [3.05, 3.63) is 83.1 Å². The van der Waals surface area contributed by atoms with Gasteiger partial charge in [-0.2, -0.15) is 0 Å². The molecule has 4 rings (SSSR count). The van der Waals surface area contributed by atoms with Gasteiger partial charge in [-0.3, -0.25) is 0 Å². The number of nitrogens with one attached hydrogen (secondary N) is 1. The first kappa shape index (κ1) is 17.1. The summed E-state index contributed by atoms with van der Waals surface area (Å²) in [7, 11) is 0. The average Bonchev–Trinajstić information content (AvgIpc) is 3.47. The number of benzene rings is 2. The first-order valence-corrected chi connectivity index (χ1v) is 9.84. The summed E-state index contributed by atoms with van der Waals surface area (Å²) in [6, 6.07) is 15.8. The molecule has 26 heavy (non-hydrogen) atoms. The number of hydrogen-bond donors (Lipinski definition) is 1. The molecule has 0 bridgehead atoms. The first-order chi connectivity index (χ1) is 12.5. The second-order valence-electron chi connectivity index (χ2n) is 8.49. The monoisotopic (exact) mass is 343 g/mol. The minimum absolute atomic E-state index is 0.241. The molecule has 1 heteroatoms. The molecule has 1 atom stereocenters. The van der Waals surface area contributed by atoms with Crippen molar-refractivity contribution < 1.29 is 0 Å². The quantitative estimate of drug-likeness (QED) is 0.628. The standard InChI is InChI=1S/C25H29N/c1-18-4-6-20(7-5-18)12-14-25(3)15-13-22-16-24(11-10-23(22)17-25)26-19(2)21-8-9-21/h4-7,10-11,13,15-16,21,26H,2,8-9,12,14,17H2,1,3H3.